The largest absolute Gasteiger partial charge is 0.480 e. The molecule has 2 aliphatic rings. The summed E-state index contributed by atoms with van der Waals surface area (Å²) in [6.07, 6.45) is 2.44. The minimum absolute atomic E-state index is 0.0116. The van der Waals surface area contributed by atoms with Gasteiger partial charge in [-0.15, -0.1) is 0 Å². The summed E-state index contributed by atoms with van der Waals surface area (Å²) in [6.45, 7) is 3.30. The minimum atomic E-state index is -0.809. The van der Waals surface area contributed by atoms with Crippen molar-refractivity contribution >= 4 is 23.8 Å². The van der Waals surface area contributed by atoms with Crippen LogP contribution in [0.1, 0.15) is 12.8 Å². The number of aliphatic carboxylic acids is 1. The van der Waals surface area contributed by atoms with Crippen LogP contribution < -0.4 is 5.32 Å². The summed E-state index contributed by atoms with van der Waals surface area (Å²) in [7, 11) is 0. The Morgan fingerprint density at radius 1 is 1.26 bits per heavy atom. The molecule has 1 atom stereocenters. The average molecular weight is 287 g/mol. The van der Waals surface area contributed by atoms with Crippen molar-refractivity contribution in [3.05, 3.63) is 0 Å². The number of carboxylic acid groups (broad SMARTS) is 1. The van der Waals surface area contributed by atoms with E-state index in [-0.39, 0.29) is 12.6 Å². The van der Waals surface area contributed by atoms with Crippen LogP contribution in [-0.4, -0.2) is 77.2 Å². The van der Waals surface area contributed by atoms with Crippen LogP contribution in [0.2, 0.25) is 0 Å². The number of hydrogen-bond donors (Lipinski definition) is 2. The Bertz CT molecular complexity index is 326. The van der Waals surface area contributed by atoms with E-state index in [1.165, 1.54) is 18.6 Å². The molecule has 0 aromatic carbocycles. The molecule has 0 aliphatic carbocycles. The lowest BCUT2D eigenvalue weighted by Crippen LogP contribution is -2.53. The third-order valence-electron chi connectivity index (χ3n) is 3.52. The van der Waals surface area contributed by atoms with Crippen LogP contribution in [0.4, 0.5) is 4.79 Å². The molecule has 2 amide bonds. The van der Waals surface area contributed by atoms with Crippen molar-refractivity contribution in [1.29, 1.82) is 0 Å². The first-order chi connectivity index (χ1) is 9.15. The van der Waals surface area contributed by atoms with Crippen LogP contribution >= 0.6 is 11.8 Å². The zero-order valence-electron chi connectivity index (χ0n) is 11.0. The van der Waals surface area contributed by atoms with E-state index < -0.39 is 5.97 Å². The first-order valence-electron chi connectivity index (χ1n) is 6.73. The van der Waals surface area contributed by atoms with Crippen LogP contribution in [0.5, 0.6) is 0 Å². The zero-order chi connectivity index (χ0) is 13.7. The number of nitrogens with zero attached hydrogens (tertiary/aromatic N) is 2. The fourth-order valence-electron chi connectivity index (χ4n) is 2.42. The third kappa shape index (κ3) is 4.58. The molecule has 0 spiro atoms. The molecule has 0 aromatic heterocycles. The van der Waals surface area contributed by atoms with Gasteiger partial charge in [0.05, 0.1) is 6.54 Å². The lowest BCUT2D eigenvalue weighted by atomic mass is 10.2. The molecule has 6 nitrogen and oxygen atoms in total. The molecule has 19 heavy (non-hydrogen) atoms. The van der Waals surface area contributed by atoms with Crippen molar-refractivity contribution in [3.63, 3.8) is 0 Å². The smallest absolute Gasteiger partial charge is 0.317 e. The molecule has 2 fully saturated rings. The lowest BCUT2D eigenvalue weighted by Gasteiger charge is -2.33. The van der Waals surface area contributed by atoms with Crippen LogP contribution in [0.15, 0.2) is 0 Å². The number of amides is 2. The molecule has 0 radical (unpaired) electrons. The van der Waals surface area contributed by atoms with E-state index in [4.69, 9.17) is 5.11 Å². The van der Waals surface area contributed by atoms with Gasteiger partial charge in [-0.25, -0.2) is 4.79 Å². The van der Waals surface area contributed by atoms with Crippen LogP contribution in [0.25, 0.3) is 0 Å². The Hall–Kier alpha value is -0.950. The first kappa shape index (κ1) is 14.5. The van der Waals surface area contributed by atoms with E-state index in [1.54, 1.807) is 4.90 Å². The highest BCUT2D eigenvalue weighted by Gasteiger charge is 2.23. The van der Waals surface area contributed by atoms with Crippen molar-refractivity contribution in [1.82, 2.24) is 15.1 Å². The van der Waals surface area contributed by atoms with E-state index in [0.717, 1.165) is 6.54 Å². The van der Waals surface area contributed by atoms with Crippen molar-refractivity contribution in [2.75, 3.05) is 45.0 Å². The summed E-state index contributed by atoms with van der Waals surface area (Å²) in [6, 6.07) is -0.0116. The summed E-state index contributed by atoms with van der Waals surface area (Å²) < 4.78 is 0. The number of thioether (sulfide) groups is 1. The molecular weight excluding hydrogens is 266 g/mol. The molecule has 108 valence electrons. The molecule has 2 rings (SSSR count). The second-order valence-electron chi connectivity index (χ2n) is 4.98. The van der Waals surface area contributed by atoms with E-state index in [9.17, 15) is 9.59 Å². The van der Waals surface area contributed by atoms with Crippen molar-refractivity contribution in [2.24, 2.45) is 0 Å². The van der Waals surface area contributed by atoms with Gasteiger partial charge in [0.25, 0.3) is 0 Å². The highest BCUT2D eigenvalue weighted by molar-refractivity contribution is 8.00. The summed E-state index contributed by atoms with van der Waals surface area (Å²) in [5.41, 5.74) is 0. The second kappa shape index (κ2) is 7.00. The predicted molar refractivity (Wildman–Crippen MR) is 74.5 cm³/mol. The van der Waals surface area contributed by atoms with Crippen molar-refractivity contribution < 1.29 is 14.7 Å². The topological polar surface area (TPSA) is 72.9 Å². The Balaban J connectivity index is 1.65. The molecule has 2 heterocycles. The maximum absolute atomic E-state index is 12.0. The predicted octanol–water partition coefficient (Wildman–Crippen LogP) is 0.294. The van der Waals surface area contributed by atoms with Crippen molar-refractivity contribution in [2.45, 2.75) is 18.1 Å². The summed E-state index contributed by atoms with van der Waals surface area (Å²) >= 11 is 1.93. The van der Waals surface area contributed by atoms with Gasteiger partial charge in [-0.05, 0) is 18.6 Å². The Labute approximate surface area is 117 Å². The third-order valence-corrected chi connectivity index (χ3v) is 4.92. The van der Waals surface area contributed by atoms with Gasteiger partial charge in [-0.3, -0.25) is 9.69 Å². The highest BCUT2D eigenvalue weighted by Crippen LogP contribution is 2.25. The van der Waals surface area contributed by atoms with Gasteiger partial charge < -0.3 is 15.3 Å². The van der Waals surface area contributed by atoms with Gasteiger partial charge in [-0.2, -0.15) is 11.8 Å². The molecule has 0 aromatic rings. The Kier molecular flexibility index (Phi) is 5.33. The van der Waals surface area contributed by atoms with Gasteiger partial charge in [0.1, 0.15) is 0 Å². The standard InChI is InChI=1S/C12H21N3O3S/c16-11(17)9-14-3-5-15(6-4-14)12(18)13-8-10-2-1-7-19-10/h10H,1-9H2,(H,13,18)(H,16,17). The molecule has 0 bridgehead atoms. The molecule has 0 saturated carbocycles. The number of hydrogen-bond acceptors (Lipinski definition) is 4. The van der Waals surface area contributed by atoms with Gasteiger partial charge in [0, 0.05) is 38.0 Å². The summed E-state index contributed by atoms with van der Waals surface area (Å²) in [5.74, 6) is 0.394. The number of carbonyl (C=O) groups excluding carboxylic acids is 1. The normalized spacial score (nSPS) is 24.4. The molecular formula is C12H21N3O3S. The van der Waals surface area contributed by atoms with E-state index >= 15 is 0 Å². The van der Waals surface area contributed by atoms with Gasteiger partial charge in [0.2, 0.25) is 0 Å². The minimum Gasteiger partial charge on any atom is -0.480 e. The average Bonchev–Trinajstić information content (AvgIpc) is 2.89. The SMILES string of the molecule is O=C(O)CN1CCN(C(=O)NCC2CCCS2)CC1. The van der Waals surface area contributed by atoms with Gasteiger partial charge in [-0.1, -0.05) is 0 Å². The van der Waals surface area contributed by atoms with E-state index in [1.807, 2.05) is 16.7 Å². The van der Waals surface area contributed by atoms with E-state index in [2.05, 4.69) is 5.32 Å². The van der Waals surface area contributed by atoms with Crippen LogP contribution in [0, 0.1) is 0 Å². The first-order valence-corrected chi connectivity index (χ1v) is 7.78. The number of nitrogens with one attached hydrogen (secondary N) is 1. The van der Waals surface area contributed by atoms with Crippen LogP contribution in [0.3, 0.4) is 0 Å². The maximum Gasteiger partial charge on any atom is 0.317 e. The molecule has 2 N–H and O–H groups in total. The Morgan fingerprint density at radius 3 is 2.58 bits per heavy atom. The lowest BCUT2D eigenvalue weighted by molar-refractivity contribution is -0.138. The zero-order valence-corrected chi connectivity index (χ0v) is 11.8. The maximum atomic E-state index is 12.0. The molecule has 1 unspecified atom stereocenters. The van der Waals surface area contributed by atoms with Crippen molar-refractivity contribution in [3.8, 4) is 0 Å². The van der Waals surface area contributed by atoms with Crippen LogP contribution in [-0.2, 0) is 4.79 Å². The monoisotopic (exact) mass is 287 g/mol. The number of urea groups is 1. The summed E-state index contributed by atoms with van der Waals surface area (Å²) in [5, 5.41) is 12.3. The fraction of sp³-hybridized carbons (Fsp3) is 0.833. The van der Waals surface area contributed by atoms with Gasteiger partial charge in [0.15, 0.2) is 0 Å². The number of carboxylic acids is 1. The second-order valence-corrected chi connectivity index (χ2v) is 6.39. The molecule has 2 aliphatic heterocycles. The molecule has 2 saturated heterocycles. The molecule has 7 heteroatoms. The highest BCUT2D eigenvalue weighted by atomic mass is 32.2. The number of carbonyl (C=O) groups is 2. The quantitative estimate of drug-likeness (QED) is 0.778. The number of rotatable bonds is 4. The summed E-state index contributed by atoms with van der Waals surface area (Å²) in [4.78, 5) is 26.2. The Morgan fingerprint density at radius 2 is 2.00 bits per heavy atom. The van der Waals surface area contributed by atoms with E-state index in [0.29, 0.717) is 31.4 Å². The number of piperazine rings is 1. The fourth-order valence-corrected chi connectivity index (χ4v) is 3.62. The van der Waals surface area contributed by atoms with Gasteiger partial charge >= 0.3 is 12.0 Å².